The topological polar surface area (TPSA) is 69.2 Å². The maximum absolute atomic E-state index is 13.6. The largest absolute Gasteiger partial charge is 0.414 e. The summed E-state index contributed by atoms with van der Waals surface area (Å²) in [5, 5.41) is 9.31. The molecule has 0 saturated carbocycles. The van der Waals surface area contributed by atoms with Crippen LogP contribution >= 0.6 is 0 Å². The number of likely N-dealkylation sites (tertiary alicyclic amines) is 1. The lowest BCUT2D eigenvalue weighted by Gasteiger charge is -2.34. The van der Waals surface area contributed by atoms with E-state index in [4.69, 9.17) is 0 Å². The summed E-state index contributed by atoms with van der Waals surface area (Å²) in [5.41, 5.74) is 0.764. The Morgan fingerprint density at radius 3 is 2.62 bits per heavy atom. The number of aliphatic hydroxyl groups excluding tert-OH is 1. The number of aliphatic hydroxyl groups is 1. The molecule has 9 heteroatoms. The van der Waals surface area contributed by atoms with Crippen molar-refractivity contribution in [1.29, 1.82) is 0 Å². The second kappa shape index (κ2) is 6.04. The van der Waals surface area contributed by atoms with Crippen LogP contribution in [0.3, 0.4) is 0 Å². The molecule has 1 unspecified atom stereocenters. The standard InChI is InChI=1S/C15H15F4N3O2/c16-9-5-10(12-11(6-9)20-7-21-12)14(24)22-3-1-8(2-4-22)13(23)15(17,18)19/h5-8,13,23H,1-4H2,(H,20,21). The summed E-state index contributed by atoms with van der Waals surface area (Å²) in [4.78, 5) is 20.6. The number of hydrogen-bond donors (Lipinski definition) is 2. The van der Waals surface area contributed by atoms with Gasteiger partial charge in [0, 0.05) is 13.1 Å². The van der Waals surface area contributed by atoms with E-state index >= 15 is 0 Å². The van der Waals surface area contributed by atoms with Gasteiger partial charge in [-0.3, -0.25) is 4.79 Å². The molecule has 1 aliphatic heterocycles. The Bertz CT molecular complexity index is 751. The van der Waals surface area contributed by atoms with E-state index in [0.717, 1.165) is 6.07 Å². The summed E-state index contributed by atoms with van der Waals surface area (Å²) in [5.74, 6) is -2.02. The fraction of sp³-hybridized carbons (Fsp3) is 0.467. The monoisotopic (exact) mass is 345 g/mol. The van der Waals surface area contributed by atoms with E-state index in [1.54, 1.807) is 0 Å². The highest BCUT2D eigenvalue weighted by Gasteiger charge is 2.44. The smallest absolute Gasteiger partial charge is 0.383 e. The molecule has 2 heterocycles. The minimum atomic E-state index is -4.67. The van der Waals surface area contributed by atoms with Crippen LogP contribution in [0.4, 0.5) is 17.6 Å². The number of carbonyl (C=O) groups is 1. The number of aromatic amines is 1. The normalized spacial score (nSPS) is 18.1. The number of imidazole rings is 1. The van der Waals surface area contributed by atoms with Gasteiger partial charge in [0.15, 0.2) is 6.10 Å². The number of amides is 1. The number of alkyl halides is 3. The first kappa shape index (κ1) is 16.7. The fourth-order valence-electron chi connectivity index (χ4n) is 3.03. The molecule has 1 aromatic carbocycles. The van der Waals surface area contributed by atoms with Crippen LogP contribution in [-0.2, 0) is 0 Å². The highest BCUT2D eigenvalue weighted by molar-refractivity contribution is 6.04. The number of carbonyl (C=O) groups excluding carboxylic acids is 1. The molecule has 5 nitrogen and oxygen atoms in total. The van der Waals surface area contributed by atoms with E-state index in [-0.39, 0.29) is 31.5 Å². The van der Waals surface area contributed by atoms with Crippen molar-refractivity contribution in [2.45, 2.75) is 25.1 Å². The van der Waals surface area contributed by atoms with E-state index in [9.17, 15) is 27.5 Å². The van der Waals surface area contributed by atoms with Gasteiger partial charge in [-0.25, -0.2) is 9.37 Å². The maximum Gasteiger partial charge on any atom is 0.414 e. The van der Waals surface area contributed by atoms with Crippen molar-refractivity contribution < 1.29 is 27.5 Å². The molecule has 1 aliphatic rings. The first-order valence-electron chi connectivity index (χ1n) is 7.44. The van der Waals surface area contributed by atoms with Gasteiger partial charge in [0.2, 0.25) is 0 Å². The van der Waals surface area contributed by atoms with Crippen LogP contribution in [0.1, 0.15) is 23.2 Å². The molecule has 0 bridgehead atoms. The van der Waals surface area contributed by atoms with Gasteiger partial charge in [-0.2, -0.15) is 13.2 Å². The number of nitrogens with zero attached hydrogens (tertiary/aromatic N) is 2. The minimum Gasteiger partial charge on any atom is -0.383 e. The Morgan fingerprint density at radius 2 is 2.00 bits per heavy atom. The zero-order valence-electron chi connectivity index (χ0n) is 12.5. The number of rotatable bonds is 2. The molecule has 1 aromatic heterocycles. The number of nitrogens with one attached hydrogen (secondary N) is 1. The second-order valence-electron chi connectivity index (χ2n) is 5.87. The fourth-order valence-corrected chi connectivity index (χ4v) is 3.03. The first-order chi connectivity index (χ1) is 11.3. The van der Waals surface area contributed by atoms with E-state index in [0.29, 0.717) is 11.0 Å². The zero-order chi connectivity index (χ0) is 17.5. The van der Waals surface area contributed by atoms with Crippen LogP contribution in [0.5, 0.6) is 0 Å². The van der Waals surface area contributed by atoms with Crippen LogP contribution in [0.25, 0.3) is 11.0 Å². The Morgan fingerprint density at radius 1 is 1.33 bits per heavy atom. The van der Waals surface area contributed by atoms with Gasteiger partial charge in [-0.1, -0.05) is 0 Å². The molecule has 130 valence electrons. The average molecular weight is 345 g/mol. The van der Waals surface area contributed by atoms with Crippen molar-refractivity contribution in [3.05, 3.63) is 29.8 Å². The number of H-pyrrole nitrogens is 1. The molecule has 0 spiro atoms. The van der Waals surface area contributed by atoms with Gasteiger partial charge in [0.25, 0.3) is 5.91 Å². The summed E-state index contributed by atoms with van der Waals surface area (Å²) >= 11 is 0. The summed E-state index contributed by atoms with van der Waals surface area (Å²) in [7, 11) is 0. The molecule has 0 radical (unpaired) electrons. The average Bonchev–Trinajstić information content (AvgIpc) is 3.00. The lowest BCUT2D eigenvalue weighted by molar-refractivity contribution is -0.222. The Labute approximate surface area is 134 Å². The predicted molar refractivity (Wildman–Crippen MR) is 76.7 cm³/mol. The summed E-state index contributed by atoms with van der Waals surface area (Å²) in [6, 6.07) is 2.28. The third-order valence-electron chi connectivity index (χ3n) is 4.33. The Kier molecular flexibility index (Phi) is 4.20. The highest BCUT2D eigenvalue weighted by Crippen LogP contribution is 2.32. The van der Waals surface area contributed by atoms with Crippen molar-refractivity contribution in [1.82, 2.24) is 14.9 Å². The van der Waals surface area contributed by atoms with Crippen molar-refractivity contribution in [3.63, 3.8) is 0 Å². The van der Waals surface area contributed by atoms with Crippen molar-refractivity contribution in [3.8, 4) is 0 Å². The molecule has 24 heavy (non-hydrogen) atoms. The van der Waals surface area contributed by atoms with E-state index in [1.165, 1.54) is 17.3 Å². The van der Waals surface area contributed by atoms with Gasteiger partial charge < -0.3 is 15.0 Å². The van der Waals surface area contributed by atoms with E-state index < -0.39 is 29.9 Å². The number of halogens is 4. The summed E-state index contributed by atoms with van der Waals surface area (Å²) in [6.07, 6.45) is -5.65. The lowest BCUT2D eigenvalue weighted by atomic mass is 9.90. The molecule has 2 N–H and O–H groups in total. The number of aromatic nitrogens is 2. The third-order valence-corrected chi connectivity index (χ3v) is 4.33. The first-order valence-corrected chi connectivity index (χ1v) is 7.44. The van der Waals surface area contributed by atoms with Crippen molar-refractivity contribution in [2.24, 2.45) is 5.92 Å². The number of piperidine rings is 1. The van der Waals surface area contributed by atoms with Crippen LogP contribution in [0, 0.1) is 11.7 Å². The van der Waals surface area contributed by atoms with Gasteiger partial charge in [-0.15, -0.1) is 0 Å². The van der Waals surface area contributed by atoms with E-state index in [1.807, 2.05) is 0 Å². The minimum absolute atomic E-state index is 0.0332. The highest BCUT2D eigenvalue weighted by atomic mass is 19.4. The quantitative estimate of drug-likeness (QED) is 0.822. The SMILES string of the molecule is O=C(c1cc(F)cc2[nH]cnc12)N1CCC(C(O)C(F)(F)F)CC1. The van der Waals surface area contributed by atoms with Crippen LogP contribution in [0.15, 0.2) is 18.5 Å². The lowest BCUT2D eigenvalue weighted by Crippen LogP contribution is -2.45. The van der Waals surface area contributed by atoms with Gasteiger partial charge in [-0.05, 0) is 30.9 Å². The number of benzene rings is 1. The number of fused-ring (bicyclic) bond motifs is 1. The number of hydrogen-bond acceptors (Lipinski definition) is 3. The van der Waals surface area contributed by atoms with Gasteiger partial charge in [0.05, 0.1) is 17.4 Å². The molecule has 1 fully saturated rings. The molecule has 3 rings (SSSR count). The molecule has 2 aromatic rings. The summed E-state index contributed by atoms with van der Waals surface area (Å²) < 4.78 is 51.3. The molecule has 0 aliphatic carbocycles. The van der Waals surface area contributed by atoms with Crippen LogP contribution in [-0.4, -0.2) is 51.3 Å². The third kappa shape index (κ3) is 3.08. The molecule has 1 saturated heterocycles. The van der Waals surface area contributed by atoms with Gasteiger partial charge in [0.1, 0.15) is 11.3 Å². The van der Waals surface area contributed by atoms with Crippen molar-refractivity contribution >= 4 is 16.9 Å². The van der Waals surface area contributed by atoms with Gasteiger partial charge >= 0.3 is 6.18 Å². The predicted octanol–water partition coefficient (Wildman–Crippen LogP) is 2.48. The maximum atomic E-state index is 13.6. The van der Waals surface area contributed by atoms with Crippen molar-refractivity contribution in [2.75, 3.05) is 13.1 Å². The zero-order valence-corrected chi connectivity index (χ0v) is 12.5. The van der Waals surface area contributed by atoms with Crippen LogP contribution < -0.4 is 0 Å². The molecule has 1 amide bonds. The summed E-state index contributed by atoms with van der Waals surface area (Å²) in [6.45, 7) is 0.137. The Hall–Kier alpha value is -2.16. The molecule has 1 atom stereocenters. The van der Waals surface area contributed by atoms with Crippen LogP contribution in [0.2, 0.25) is 0 Å². The second-order valence-corrected chi connectivity index (χ2v) is 5.87. The Balaban J connectivity index is 1.74. The molecular formula is C15H15F4N3O2. The molecular weight excluding hydrogens is 330 g/mol. The van der Waals surface area contributed by atoms with E-state index in [2.05, 4.69) is 9.97 Å².